The summed E-state index contributed by atoms with van der Waals surface area (Å²) in [6.45, 7) is 3.00. The number of unbranched alkanes of at least 4 members (excludes halogenated alkanes) is 3. The van der Waals surface area contributed by atoms with Gasteiger partial charge in [-0.05, 0) is 30.7 Å². The van der Waals surface area contributed by atoms with Crippen molar-refractivity contribution < 1.29 is 4.74 Å². The fourth-order valence-corrected chi connectivity index (χ4v) is 2.21. The molecule has 0 radical (unpaired) electrons. The average Bonchev–Trinajstić information content (AvgIpc) is 2.54. The maximum atomic E-state index is 11.8. The second-order valence-electron chi connectivity index (χ2n) is 5.20. The Labute approximate surface area is 130 Å². The fraction of sp³-hybridized carbons (Fsp3) is 0.412. The van der Waals surface area contributed by atoms with Crippen molar-refractivity contribution in [2.24, 2.45) is 0 Å². The van der Waals surface area contributed by atoms with Crippen molar-refractivity contribution in [3.63, 3.8) is 0 Å². The molecule has 0 saturated heterocycles. The number of methoxy groups -OCH3 is 1. The highest BCUT2D eigenvalue weighted by atomic mass is 16.5. The molecule has 0 amide bonds. The largest absolute Gasteiger partial charge is 0.497 e. The molecule has 0 fully saturated rings. The topological polar surface area (TPSA) is 67.0 Å². The minimum Gasteiger partial charge on any atom is -0.497 e. The number of benzene rings is 1. The molecule has 0 unspecified atom stereocenters. The Hall–Kier alpha value is -2.30. The highest BCUT2D eigenvalue weighted by Gasteiger charge is 2.04. The molecule has 0 aliphatic heterocycles. The first-order valence-corrected chi connectivity index (χ1v) is 7.72. The van der Waals surface area contributed by atoms with Gasteiger partial charge in [-0.1, -0.05) is 26.2 Å². The molecule has 1 aromatic heterocycles. The van der Waals surface area contributed by atoms with E-state index in [0.717, 1.165) is 24.3 Å². The molecule has 2 rings (SSSR count). The molecular formula is C17H23N3O2. The zero-order chi connectivity index (χ0) is 15.8. The Balaban J connectivity index is 2.07. The first kappa shape index (κ1) is 16.1. The van der Waals surface area contributed by atoms with E-state index in [2.05, 4.69) is 22.2 Å². The maximum Gasteiger partial charge on any atom is 0.252 e. The van der Waals surface area contributed by atoms with Crippen molar-refractivity contribution in [1.82, 2.24) is 9.97 Å². The first-order chi connectivity index (χ1) is 10.7. The molecule has 0 bridgehead atoms. The lowest BCUT2D eigenvalue weighted by Gasteiger charge is -2.07. The molecule has 5 heteroatoms. The predicted octanol–water partition coefficient (Wildman–Crippen LogP) is 3.44. The number of anilines is 1. The number of aromatic amines is 1. The van der Waals surface area contributed by atoms with Gasteiger partial charge in [-0.25, -0.2) is 4.98 Å². The number of nitrogens with one attached hydrogen (secondary N) is 2. The average molecular weight is 301 g/mol. The molecule has 1 aromatic carbocycles. The zero-order valence-corrected chi connectivity index (χ0v) is 13.2. The van der Waals surface area contributed by atoms with Gasteiger partial charge < -0.3 is 10.1 Å². The first-order valence-electron chi connectivity index (χ1n) is 7.72. The molecule has 5 nitrogen and oxygen atoms in total. The summed E-state index contributed by atoms with van der Waals surface area (Å²) in [5.41, 5.74) is 1.39. The van der Waals surface area contributed by atoms with Gasteiger partial charge in [0.05, 0.1) is 12.8 Å². The molecule has 1 heterocycles. The van der Waals surface area contributed by atoms with Gasteiger partial charge in [0.1, 0.15) is 5.75 Å². The summed E-state index contributed by atoms with van der Waals surface area (Å²) in [5, 5.41) is 3.19. The van der Waals surface area contributed by atoms with E-state index < -0.39 is 0 Å². The Kier molecular flexibility index (Phi) is 6.01. The molecular weight excluding hydrogens is 278 g/mol. The normalized spacial score (nSPS) is 10.5. The summed E-state index contributed by atoms with van der Waals surface area (Å²) >= 11 is 0. The van der Waals surface area contributed by atoms with Gasteiger partial charge in [-0.3, -0.25) is 9.78 Å². The van der Waals surface area contributed by atoms with Crippen LogP contribution in [0.25, 0.3) is 11.3 Å². The third-order valence-corrected chi connectivity index (χ3v) is 3.45. The Morgan fingerprint density at radius 2 is 1.95 bits per heavy atom. The lowest BCUT2D eigenvalue weighted by molar-refractivity contribution is 0.415. The van der Waals surface area contributed by atoms with Crippen LogP contribution in [0.4, 0.5) is 5.95 Å². The van der Waals surface area contributed by atoms with E-state index >= 15 is 0 Å². The standard InChI is InChI=1S/C17H23N3O2/c1-3-4-5-6-11-18-17-19-15(12-16(21)20-17)13-7-9-14(22-2)10-8-13/h7-10,12H,3-6,11H2,1-2H3,(H2,18,19,20,21). The second kappa shape index (κ2) is 8.22. The van der Waals surface area contributed by atoms with Crippen LogP contribution in [0.5, 0.6) is 5.75 Å². The number of H-pyrrole nitrogens is 1. The fourth-order valence-electron chi connectivity index (χ4n) is 2.21. The predicted molar refractivity (Wildman–Crippen MR) is 89.5 cm³/mol. The molecule has 118 valence electrons. The second-order valence-corrected chi connectivity index (χ2v) is 5.20. The Morgan fingerprint density at radius 1 is 1.18 bits per heavy atom. The summed E-state index contributed by atoms with van der Waals surface area (Å²) in [6, 6.07) is 9.01. The van der Waals surface area contributed by atoms with Gasteiger partial charge >= 0.3 is 0 Å². The quantitative estimate of drug-likeness (QED) is 0.733. The minimum absolute atomic E-state index is 0.156. The number of hydrogen-bond donors (Lipinski definition) is 2. The minimum atomic E-state index is -0.156. The van der Waals surface area contributed by atoms with Gasteiger partial charge in [-0.2, -0.15) is 0 Å². The molecule has 0 saturated carbocycles. The van der Waals surface area contributed by atoms with Gasteiger partial charge in [0.2, 0.25) is 5.95 Å². The van der Waals surface area contributed by atoms with E-state index in [1.807, 2.05) is 24.3 Å². The number of hydrogen-bond acceptors (Lipinski definition) is 4. The van der Waals surface area contributed by atoms with E-state index in [4.69, 9.17) is 4.74 Å². The SMILES string of the molecule is CCCCCCNc1nc(-c2ccc(OC)cc2)cc(=O)[nH]1. The van der Waals surface area contributed by atoms with Crippen LogP contribution in [0.3, 0.4) is 0 Å². The molecule has 2 aromatic rings. The van der Waals surface area contributed by atoms with Crippen molar-refractivity contribution >= 4 is 5.95 Å². The van der Waals surface area contributed by atoms with Crippen LogP contribution in [0, 0.1) is 0 Å². The third kappa shape index (κ3) is 4.62. The number of nitrogens with zero attached hydrogens (tertiary/aromatic N) is 1. The number of ether oxygens (including phenoxy) is 1. The van der Waals surface area contributed by atoms with E-state index in [1.165, 1.54) is 25.3 Å². The summed E-state index contributed by atoms with van der Waals surface area (Å²) in [6.07, 6.45) is 4.70. The van der Waals surface area contributed by atoms with Crippen LogP contribution in [-0.2, 0) is 0 Å². The molecule has 0 atom stereocenters. The molecule has 0 aliphatic rings. The highest BCUT2D eigenvalue weighted by Crippen LogP contribution is 2.20. The van der Waals surface area contributed by atoms with Gasteiger partial charge in [0, 0.05) is 18.2 Å². The lowest BCUT2D eigenvalue weighted by Crippen LogP contribution is -2.13. The van der Waals surface area contributed by atoms with Crippen molar-refractivity contribution in [3.8, 4) is 17.0 Å². The maximum absolute atomic E-state index is 11.8. The van der Waals surface area contributed by atoms with Crippen molar-refractivity contribution in [2.45, 2.75) is 32.6 Å². The van der Waals surface area contributed by atoms with E-state index in [1.54, 1.807) is 7.11 Å². The molecule has 0 aliphatic carbocycles. The summed E-state index contributed by atoms with van der Waals surface area (Å²) in [7, 11) is 1.63. The van der Waals surface area contributed by atoms with E-state index in [9.17, 15) is 4.79 Å². The smallest absolute Gasteiger partial charge is 0.252 e. The van der Waals surface area contributed by atoms with Crippen molar-refractivity contribution in [1.29, 1.82) is 0 Å². The van der Waals surface area contributed by atoms with Crippen LogP contribution in [0.1, 0.15) is 32.6 Å². The van der Waals surface area contributed by atoms with Crippen LogP contribution in [0.2, 0.25) is 0 Å². The number of rotatable bonds is 8. The highest BCUT2D eigenvalue weighted by molar-refractivity contribution is 5.60. The molecule has 22 heavy (non-hydrogen) atoms. The molecule has 2 N–H and O–H groups in total. The van der Waals surface area contributed by atoms with Crippen LogP contribution >= 0.6 is 0 Å². The van der Waals surface area contributed by atoms with Gasteiger partial charge in [0.25, 0.3) is 5.56 Å². The summed E-state index contributed by atoms with van der Waals surface area (Å²) in [5.74, 6) is 1.30. The summed E-state index contributed by atoms with van der Waals surface area (Å²) < 4.78 is 5.14. The van der Waals surface area contributed by atoms with Gasteiger partial charge in [0.15, 0.2) is 0 Å². The Bertz CT molecular complexity index is 635. The van der Waals surface area contributed by atoms with E-state index in [0.29, 0.717) is 11.6 Å². The van der Waals surface area contributed by atoms with Crippen LogP contribution in [0.15, 0.2) is 35.1 Å². The molecule has 0 spiro atoms. The van der Waals surface area contributed by atoms with Crippen molar-refractivity contribution in [3.05, 3.63) is 40.7 Å². The van der Waals surface area contributed by atoms with Crippen molar-refractivity contribution in [2.75, 3.05) is 19.0 Å². The van der Waals surface area contributed by atoms with Crippen LogP contribution in [-0.4, -0.2) is 23.6 Å². The number of aromatic nitrogens is 2. The third-order valence-electron chi connectivity index (χ3n) is 3.45. The monoisotopic (exact) mass is 301 g/mol. The lowest BCUT2D eigenvalue weighted by atomic mass is 10.1. The van der Waals surface area contributed by atoms with Gasteiger partial charge in [-0.15, -0.1) is 0 Å². The zero-order valence-electron chi connectivity index (χ0n) is 13.2. The van der Waals surface area contributed by atoms with E-state index in [-0.39, 0.29) is 5.56 Å². The van der Waals surface area contributed by atoms with Crippen LogP contribution < -0.4 is 15.6 Å². The Morgan fingerprint density at radius 3 is 2.64 bits per heavy atom. The summed E-state index contributed by atoms with van der Waals surface area (Å²) in [4.78, 5) is 19.0.